The van der Waals surface area contributed by atoms with E-state index in [0.717, 1.165) is 16.7 Å². The summed E-state index contributed by atoms with van der Waals surface area (Å²) in [6.45, 7) is 7.13. The quantitative estimate of drug-likeness (QED) is 0.835. The van der Waals surface area contributed by atoms with Gasteiger partial charge in [-0.15, -0.1) is 0 Å². The van der Waals surface area contributed by atoms with E-state index < -0.39 is 12.1 Å². The SMILES string of the molecule is Cc1ccc([C@H](C)C(=O)Nc2ccc(C)c(O[C@@H](C)C(=O)O)c2)cc1. The van der Waals surface area contributed by atoms with Crippen molar-refractivity contribution in [2.75, 3.05) is 5.32 Å². The average Bonchev–Trinajstić information content (AvgIpc) is 2.57. The topological polar surface area (TPSA) is 75.6 Å². The predicted molar refractivity (Wildman–Crippen MR) is 97.1 cm³/mol. The Kier molecular flexibility index (Phi) is 5.80. The van der Waals surface area contributed by atoms with Crippen LogP contribution in [0.15, 0.2) is 42.5 Å². The third-order valence-electron chi connectivity index (χ3n) is 4.08. The molecular formula is C20H23NO4. The zero-order chi connectivity index (χ0) is 18.6. The van der Waals surface area contributed by atoms with Crippen molar-refractivity contribution < 1.29 is 19.4 Å². The maximum atomic E-state index is 12.5. The minimum absolute atomic E-state index is 0.134. The van der Waals surface area contributed by atoms with Crippen molar-refractivity contribution in [1.82, 2.24) is 0 Å². The molecule has 1 amide bonds. The zero-order valence-corrected chi connectivity index (χ0v) is 14.9. The molecule has 132 valence electrons. The van der Waals surface area contributed by atoms with Gasteiger partial charge in [0.05, 0.1) is 5.92 Å². The third kappa shape index (κ3) is 4.83. The minimum atomic E-state index is -1.04. The van der Waals surface area contributed by atoms with Crippen LogP contribution in [0.5, 0.6) is 5.75 Å². The Morgan fingerprint density at radius 1 is 1.04 bits per heavy atom. The highest BCUT2D eigenvalue weighted by atomic mass is 16.5. The number of anilines is 1. The molecule has 0 bridgehead atoms. The van der Waals surface area contributed by atoms with Gasteiger partial charge >= 0.3 is 5.97 Å². The van der Waals surface area contributed by atoms with Crippen LogP contribution in [0.4, 0.5) is 5.69 Å². The summed E-state index contributed by atoms with van der Waals surface area (Å²) in [7, 11) is 0. The van der Waals surface area contributed by atoms with Gasteiger partial charge in [-0.1, -0.05) is 35.9 Å². The van der Waals surface area contributed by atoms with Crippen molar-refractivity contribution in [3.8, 4) is 5.75 Å². The summed E-state index contributed by atoms with van der Waals surface area (Å²) in [6.07, 6.45) is -0.962. The van der Waals surface area contributed by atoms with Gasteiger partial charge in [0.25, 0.3) is 0 Å². The maximum Gasteiger partial charge on any atom is 0.344 e. The normalized spacial score (nSPS) is 13.0. The number of hydrogen-bond donors (Lipinski definition) is 2. The number of aliphatic carboxylic acids is 1. The Labute approximate surface area is 147 Å². The molecule has 0 fully saturated rings. The number of benzene rings is 2. The first-order valence-corrected chi connectivity index (χ1v) is 8.15. The summed E-state index contributed by atoms with van der Waals surface area (Å²) in [5.74, 6) is -1.04. The van der Waals surface area contributed by atoms with Crippen LogP contribution >= 0.6 is 0 Å². The van der Waals surface area contributed by atoms with E-state index in [1.807, 2.05) is 45.0 Å². The molecule has 0 unspecified atom stereocenters. The first kappa shape index (κ1) is 18.5. The number of amides is 1. The van der Waals surface area contributed by atoms with Gasteiger partial charge in [-0.25, -0.2) is 4.79 Å². The van der Waals surface area contributed by atoms with E-state index in [9.17, 15) is 9.59 Å². The number of nitrogens with one attached hydrogen (secondary N) is 1. The third-order valence-corrected chi connectivity index (χ3v) is 4.08. The smallest absolute Gasteiger partial charge is 0.344 e. The van der Waals surface area contributed by atoms with E-state index in [2.05, 4.69) is 5.32 Å². The van der Waals surface area contributed by atoms with Gasteiger partial charge < -0.3 is 15.2 Å². The van der Waals surface area contributed by atoms with Crippen LogP contribution in [0.1, 0.15) is 36.5 Å². The summed E-state index contributed by atoms with van der Waals surface area (Å²) < 4.78 is 5.44. The largest absolute Gasteiger partial charge is 0.479 e. The average molecular weight is 341 g/mol. The Balaban J connectivity index is 2.12. The molecule has 0 aliphatic heterocycles. The molecule has 2 aromatic carbocycles. The first-order valence-electron chi connectivity index (χ1n) is 8.15. The Morgan fingerprint density at radius 2 is 1.68 bits per heavy atom. The number of hydrogen-bond acceptors (Lipinski definition) is 3. The summed E-state index contributed by atoms with van der Waals surface area (Å²) >= 11 is 0. The van der Waals surface area contributed by atoms with Gasteiger partial charge in [0.1, 0.15) is 5.75 Å². The van der Waals surface area contributed by atoms with Crippen molar-refractivity contribution in [3.63, 3.8) is 0 Å². The number of rotatable bonds is 6. The highest BCUT2D eigenvalue weighted by Gasteiger charge is 2.17. The molecule has 5 nitrogen and oxygen atoms in total. The van der Waals surface area contributed by atoms with E-state index in [0.29, 0.717) is 11.4 Å². The number of carboxylic acids is 1. The Morgan fingerprint density at radius 3 is 2.28 bits per heavy atom. The van der Waals surface area contributed by atoms with E-state index in [4.69, 9.17) is 9.84 Å². The van der Waals surface area contributed by atoms with Crippen molar-refractivity contribution in [3.05, 3.63) is 59.2 Å². The summed E-state index contributed by atoms with van der Waals surface area (Å²) in [6, 6.07) is 13.0. The molecule has 0 aromatic heterocycles. The van der Waals surface area contributed by atoms with Crippen molar-refractivity contribution in [2.24, 2.45) is 0 Å². The molecule has 0 spiro atoms. The van der Waals surface area contributed by atoms with Crippen LogP contribution in [0.2, 0.25) is 0 Å². The monoisotopic (exact) mass is 341 g/mol. The molecule has 2 N–H and O–H groups in total. The molecular weight excluding hydrogens is 318 g/mol. The summed E-state index contributed by atoms with van der Waals surface area (Å²) in [5, 5.41) is 11.8. The molecule has 2 aromatic rings. The minimum Gasteiger partial charge on any atom is -0.479 e. The number of aryl methyl sites for hydroxylation is 2. The van der Waals surface area contributed by atoms with Crippen LogP contribution in [-0.4, -0.2) is 23.1 Å². The number of carbonyl (C=O) groups excluding carboxylic acids is 1. The van der Waals surface area contributed by atoms with Gasteiger partial charge in [0.2, 0.25) is 5.91 Å². The van der Waals surface area contributed by atoms with Gasteiger partial charge in [-0.3, -0.25) is 4.79 Å². The van der Waals surface area contributed by atoms with Gasteiger partial charge in [-0.05, 0) is 44.9 Å². The molecule has 0 heterocycles. The molecule has 0 aliphatic carbocycles. The highest BCUT2D eigenvalue weighted by molar-refractivity contribution is 5.95. The van der Waals surface area contributed by atoms with E-state index in [1.54, 1.807) is 18.2 Å². The molecule has 0 radical (unpaired) electrons. The molecule has 0 aliphatic rings. The van der Waals surface area contributed by atoms with Gasteiger partial charge in [-0.2, -0.15) is 0 Å². The van der Waals surface area contributed by atoms with Gasteiger partial charge in [0, 0.05) is 11.8 Å². The lowest BCUT2D eigenvalue weighted by Gasteiger charge is -2.16. The van der Waals surface area contributed by atoms with E-state index in [-0.39, 0.29) is 11.8 Å². The fraction of sp³-hybridized carbons (Fsp3) is 0.300. The fourth-order valence-corrected chi connectivity index (χ4v) is 2.30. The van der Waals surface area contributed by atoms with Crippen molar-refractivity contribution >= 4 is 17.6 Å². The number of ether oxygens (including phenoxy) is 1. The molecule has 0 saturated heterocycles. The second-order valence-electron chi connectivity index (χ2n) is 6.20. The van der Waals surface area contributed by atoms with E-state index in [1.165, 1.54) is 6.92 Å². The second kappa shape index (κ2) is 7.83. The number of carboxylic acid groups (broad SMARTS) is 1. The zero-order valence-electron chi connectivity index (χ0n) is 14.9. The van der Waals surface area contributed by atoms with Gasteiger partial charge in [0.15, 0.2) is 6.10 Å². The number of carbonyl (C=O) groups is 2. The Bertz CT molecular complexity index is 768. The fourth-order valence-electron chi connectivity index (χ4n) is 2.30. The standard InChI is InChI=1S/C20H23NO4/c1-12-5-8-16(9-6-12)14(3)19(22)21-17-10-7-13(2)18(11-17)25-15(4)20(23)24/h5-11,14-15H,1-4H3,(H,21,22)(H,23,24)/t14-,15-/m0/s1. The summed E-state index contributed by atoms with van der Waals surface area (Å²) in [4.78, 5) is 23.4. The Hall–Kier alpha value is -2.82. The first-order chi connectivity index (χ1) is 11.8. The van der Waals surface area contributed by atoms with Crippen LogP contribution in [-0.2, 0) is 9.59 Å². The molecule has 0 saturated carbocycles. The van der Waals surface area contributed by atoms with Crippen LogP contribution < -0.4 is 10.1 Å². The molecule has 2 rings (SSSR count). The van der Waals surface area contributed by atoms with Crippen LogP contribution in [0, 0.1) is 13.8 Å². The van der Waals surface area contributed by atoms with Crippen LogP contribution in [0.3, 0.4) is 0 Å². The lowest BCUT2D eigenvalue weighted by atomic mass is 9.99. The lowest BCUT2D eigenvalue weighted by Crippen LogP contribution is -2.23. The maximum absolute atomic E-state index is 12.5. The van der Waals surface area contributed by atoms with E-state index >= 15 is 0 Å². The van der Waals surface area contributed by atoms with Crippen molar-refractivity contribution in [1.29, 1.82) is 0 Å². The highest BCUT2D eigenvalue weighted by Crippen LogP contribution is 2.25. The van der Waals surface area contributed by atoms with Crippen molar-refractivity contribution in [2.45, 2.75) is 39.7 Å². The predicted octanol–water partition coefficient (Wildman–Crippen LogP) is 3.90. The second-order valence-corrected chi connectivity index (χ2v) is 6.20. The molecule has 5 heteroatoms. The van der Waals surface area contributed by atoms with Crippen LogP contribution in [0.25, 0.3) is 0 Å². The molecule has 25 heavy (non-hydrogen) atoms. The summed E-state index contributed by atoms with van der Waals surface area (Å²) in [5.41, 5.74) is 3.45. The lowest BCUT2D eigenvalue weighted by molar-refractivity contribution is -0.144. The molecule has 2 atom stereocenters.